The fraction of sp³-hybridized carbons (Fsp3) is 0.278. The van der Waals surface area contributed by atoms with Crippen molar-refractivity contribution < 1.29 is 4.79 Å². The minimum absolute atomic E-state index is 0.0549. The number of carbonyl (C=O) groups is 1. The third kappa shape index (κ3) is 3.71. The molecule has 3 aromatic rings. The van der Waals surface area contributed by atoms with Crippen molar-refractivity contribution in [1.82, 2.24) is 20.1 Å². The van der Waals surface area contributed by atoms with E-state index in [4.69, 9.17) is 0 Å². The summed E-state index contributed by atoms with van der Waals surface area (Å²) in [4.78, 5) is 19.7. The van der Waals surface area contributed by atoms with Gasteiger partial charge in [0.25, 0.3) is 0 Å². The number of amides is 1. The standard InChI is InChI=1S/C18H20N4OS/c1-12-16(19-13(2)24-12)10-18(23)22(3)11-15-9-17(21-20-15)14-7-5-4-6-8-14/h4-9H,10-11H2,1-3H3,(H,20,21). The zero-order valence-corrected chi connectivity index (χ0v) is 14.9. The molecule has 0 aliphatic heterocycles. The minimum Gasteiger partial charge on any atom is -0.340 e. The van der Waals surface area contributed by atoms with Gasteiger partial charge in [-0.3, -0.25) is 9.89 Å². The lowest BCUT2D eigenvalue weighted by atomic mass is 10.1. The summed E-state index contributed by atoms with van der Waals surface area (Å²) in [5.41, 5.74) is 3.74. The number of carbonyl (C=O) groups excluding carboxylic acids is 1. The van der Waals surface area contributed by atoms with Gasteiger partial charge in [-0.15, -0.1) is 11.3 Å². The van der Waals surface area contributed by atoms with Gasteiger partial charge in [-0.25, -0.2) is 4.98 Å². The highest BCUT2D eigenvalue weighted by molar-refractivity contribution is 7.11. The molecule has 3 rings (SSSR count). The second-order valence-electron chi connectivity index (χ2n) is 5.81. The molecular weight excluding hydrogens is 320 g/mol. The number of aromatic amines is 1. The molecule has 124 valence electrons. The second-order valence-corrected chi connectivity index (χ2v) is 7.21. The summed E-state index contributed by atoms with van der Waals surface area (Å²) in [5, 5.41) is 8.34. The van der Waals surface area contributed by atoms with E-state index in [1.807, 2.05) is 50.2 Å². The van der Waals surface area contributed by atoms with Crippen LogP contribution >= 0.6 is 11.3 Å². The Morgan fingerprint density at radius 2 is 2.00 bits per heavy atom. The maximum atomic E-state index is 12.4. The largest absolute Gasteiger partial charge is 0.340 e. The molecule has 1 N–H and O–H groups in total. The first kappa shape index (κ1) is 16.4. The molecule has 0 aliphatic carbocycles. The van der Waals surface area contributed by atoms with Crippen LogP contribution in [0.3, 0.4) is 0 Å². The van der Waals surface area contributed by atoms with E-state index in [0.717, 1.165) is 32.5 Å². The Morgan fingerprint density at radius 1 is 1.25 bits per heavy atom. The smallest absolute Gasteiger partial charge is 0.228 e. The molecule has 0 radical (unpaired) electrons. The van der Waals surface area contributed by atoms with Crippen LogP contribution in [0.2, 0.25) is 0 Å². The number of nitrogens with zero attached hydrogens (tertiary/aromatic N) is 3. The highest BCUT2D eigenvalue weighted by Gasteiger charge is 2.15. The van der Waals surface area contributed by atoms with Crippen molar-refractivity contribution in [3.8, 4) is 11.3 Å². The minimum atomic E-state index is 0.0549. The molecular formula is C18H20N4OS. The van der Waals surface area contributed by atoms with Crippen LogP contribution < -0.4 is 0 Å². The lowest BCUT2D eigenvalue weighted by Gasteiger charge is -2.15. The van der Waals surface area contributed by atoms with Gasteiger partial charge in [-0.1, -0.05) is 30.3 Å². The highest BCUT2D eigenvalue weighted by Crippen LogP contribution is 2.19. The van der Waals surface area contributed by atoms with Crippen LogP contribution in [0.4, 0.5) is 0 Å². The Bertz CT molecular complexity index is 838. The summed E-state index contributed by atoms with van der Waals surface area (Å²) >= 11 is 1.63. The average Bonchev–Trinajstić information content (AvgIpc) is 3.15. The van der Waals surface area contributed by atoms with Gasteiger partial charge in [0.2, 0.25) is 5.91 Å². The zero-order chi connectivity index (χ0) is 17.1. The highest BCUT2D eigenvalue weighted by atomic mass is 32.1. The van der Waals surface area contributed by atoms with Gasteiger partial charge in [-0.05, 0) is 19.9 Å². The fourth-order valence-electron chi connectivity index (χ4n) is 2.56. The van der Waals surface area contributed by atoms with Gasteiger partial charge in [0.15, 0.2) is 0 Å². The monoisotopic (exact) mass is 340 g/mol. The molecule has 0 aliphatic rings. The third-order valence-corrected chi connectivity index (χ3v) is 4.78. The zero-order valence-electron chi connectivity index (χ0n) is 14.0. The van der Waals surface area contributed by atoms with Crippen molar-refractivity contribution in [2.24, 2.45) is 0 Å². The quantitative estimate of drug-likeness (QED) is 0.775. The van der Waals surface area contributed by atoms with E-state index in [-0.39, 0.29) is 5.91 Å². The van der Waals surface area contributed by atoms with Gasteiger partial charge >= 0.3 is 0 Å². The first-order valence-corrected chi connectivity index (χ1v) is 8.61. The van der Waals surface area contributed by atoms with Crippen LogP contribution in [0.25, 0.3) is 11.3 Å². The number of rotatable bonds is 5. The average molecular weight is 340 g/mol. The van der Waals surface area contributed by atoms with Gasteiger partial charge in [0.05, 0.1) is 35.1 Å². The van der Waals surface area contributed by atoms with Crippen molar-refractivity contribution >= 4 is 17.2 Å². The molecule has 0 unspecified atom stereocenters. The van der Waals surface area contributed by atoms with Gasteiger partial charge in [-0.2, -0.15) is 5.10 Å². The SMILES string of the molecule is Cc1nc(CC(=O)N(C)Cc2cc(-c3ccccc3)n[nH]2)c(C)s1. The molecule has 2 aromatic heterocycles. The first-order chi connectivity index (χ1) is 11.5. The van der Waals surface area contributed by atoms with Gasteiger partial charge in [0.1, 0.15) is 0 Å². The number of hydrogen-bond acceptors (Lipinski definition) is 4. The van der Waals surface area contributed by atoms with Crippen molar-refractivity contribution in [2.45, 2.75) is 26.8 Å². The fourth-order valence-corrected chi connectivity index (χ4v) is 3.39. The molecule has 0 saturated heterocycles. The molecule has 24 heavy (non-hydrogen) atoms. The molecule has 5 nitrogen and oxygen atoms in total. The van der Waals surface area contributed by atoms with Crippen LogP contribution in [0.15, 0.2) is 36.4 Å². The Labute approximate surface area is 145 Å². The van der Waals surface area contributed by atoms with Crippen LogP contribution in [0, 0.1) is 13.8 Å². The van der Waals surface area contributed by atoms with E-state index < -0.39 is 0 Å². The molecule has 0 saturated carbocycles. The van der Waals surface area contributed by atoms with Crippen LogP contribution in [-0.4, -0.2) is 33.0 Å². The molecule has 1 amide bonds. The Hall–Kier alpha value is -2.47. The number of likely N-dealkylation sites (N-methyl/N-ethyl adjacent to an activating group) is 1. The van der Waals surface area contributed by atoms with Crippen LogP contribution in [0.1, 0.15) is 21.3 Å². The van der Waals surface area contributed by atoms with Crippen molar-refractivity contribution in [2.75, 3.05) is 7.05 Å². The molecule has 0 atom stereocenters. The number of aryl methyl sites for hydroxylation is 2. The number of benzene rings is 1. The summed E-state index contributed by atoms with van der Waals surface area (Å²) < 4.78 is 0. The Kier molecular flexibility index (Phi) is 4.76. The first-order valence-electron chi connectivity index (χ1n) is 7.79. The van der Waals surface area contributed by atoms with Gasteiger partial charge in [0, 0.05) is 17.5 Å². The Morgan fingerprint density at radius 3 is 2.67 bits per heavy atom. The third-order valence-electron chi connectivity index (χ3n) is 3.85. The molecule has 1 aromatic carbocycles. The summed E-state index contributed by atoms with van der Waals surface area (Å²) in [6.45, 7) is 4.47. The predicted molar refractivity (Wildman–Crippen MR) is 95.8 cm³/mol. The van der Waals surface area contributed by atoms with Gasteiger partial charge < -0.3 is 4.90 Å². The lowest BCUT2D eigenvalue weighted by molar-refractivity contribution is -0.129. The molecule has 2 heterocycles. The lowest BCUT2D eigenvalue weighted by Crippen LogP contribution is -2.28. The second kappa shape index (κ2) is 6.97. The van der Waals surface area contributed by atoms with Crippen LogP contribution in [-0.2, 0) is 17.8 Å². The summed E-state index contributed by atoms with van der Waals surface area (Å²) in [6.07, 6.45) is 0.340. The summed E-state index contributed by atoms with van der Waals surface area (Å²) in [7, 11) is 1.81. The van der Waals surface area contributed by atoms with Crippen molar-refractivity contribution in [3.63, 3.8) is 0 Å². The summed E-state index contributed by atoms with van der Waals surface area (Å²) in [5.74, 6) is 0.0549. The number of nitrogens with one attached hydrogen (secondary N) is 1. The maximum Gasteiger partial charge on any atom is 0.228 e. The number of H-pyrrole nitrogens is 1. The van der Waals surface area contributed by atoms with E-state index in [1.54, 1.807) is 23.3 Å². The molecule has 0 spiro atoms. The number of thiazole rings is 1. The number of hydrogen-bond donors (Lipinski definition) is 1. The normalized spacial score (nSPS) is 10.8. The maximum absolute atomic E-state index is 12.4. The van der Waals surface area contributed by atoms with E-state index in [0.29, 0.717) is 13.0 Å². The molecule has 6 heteroatoms. The Balaban J connectivity index is 1.64. The topological polar surface area (TPSA) is 61.9 Å². The van der Waals surface area contributed by atoms with E-state index in [1.165, 1.54) is 0 Å². The molecule has 0 bridgehead atoms. The van der Waals surface area contributed by atoms with Crippen molar-refractivity contribution in [1.29, 1.82) is 0 Å². The van der Waals surface area contributed by atoms with Crippen LogP contribution in [0.5, 0.6) is 0 Å². The van der Waals surface area contributed by atoms with E-state index >= 15 is 0 Å². The predicted octanol–water partition coefficient (Wildman–Crippen LogP) is 3.35. The number of aromatic nitrogens is 3. The molecule has 0 fully saturated rings. The van der Waals surface area contributed by atoms with E-state index in [9.17, 15) is 4.79 Å². The van der Waals surface area contributed by atoms with Crippen molar-refractivity contribution in [3.05, 3.63) is 57.7 Å². The summed E-state index contributed by atoms with van der Waals surface area (Å²) in [6, 6.07) is 12.0. The van der Waals surface area contributed by atoms with E-state index in [2.05, 4.69) is 15.2 Å².